The Hall–Kier alpha value is -1.59. The highest BCUT2D eigenvalue weighted by atomic mass is 19.2. The van der Waals surface area contributed by atoms with Gasteiger partial charge in [-0.3, -0.25) is 13.4 Å². The number of halogens is 3. The molecular weight excluding hydrogens is 208 g/mol. The Labute approximate surface area is 85.4 Å². The van der Waals surface area contributed by atoms with E-state index in [1.165, 1.54) is 24.3 Å². The van der Waals surface area contributed by atoms with E-state index in [1.807, 2.05) is 0 Å². The van der Waals surface area contributed by atoms with E-state index in [-0.39, 0.29) is 12.2 Å². The van der Waals surface area contributed by atoms with Crippen molar-refractivity contribution in [2.75, 3.05) is 0 Å². The molecule has 0 aromatic heterocycles. The van der Waals surface area contributed by atoms with Gasteiger partial charge >= 0.3 is 7.83 Å². The van der Waals surface area contributed by atoms with Gasteiger partial charge in [-0.2, -0.15) is 0 Å². The molecule has 0 spiro atoms. The summed E-state index contributed by atoms with van der Waals surface area (Å²) in [6.07, 6.45) is 0.386. The van der Waals surface area contributed by atoms with E-state index in [0.29, 0.717) is 11.8 Å². The van der Waals surface area contributed by atoms with Crippen molar-refractivity contribution in [3.05, 3.63) is 35.6 Å². The average Bonchev–Trinajstić information content (AvgIpc) is 2.20. The molecule has 0 bridgehead atoms. The zero-order valence-corrected chi connectivity index (χ0v) is 7.62. The average molecular weight is 215 g/mol. The fourth-order valence-electron chi connectivity index (χ4n) is 0.829. The highest BCUT2D eigenvalue weighted by molar-refractivity contribution is 6.15. The first kappa shape index (κ1) is 13.4. The number of Topliss-reactive ketones (excluding diaryl/α,β-unsaturated/α-hetero) is 1. The second-order valence-electron chi connectivity index (χ2n) is 2.38. The summed E-state index contributed by atoms with van der Waals surface area (Å²) < 4.78 is 31.4. The fourth-order valence-corrected chi connectivity index (χ4v) is 0.829. The maximum absolute atomic E-state index is 12.4. The van der Waals surface area contributed by atoms with Crippen LogP contribution in [0.2, 0.25) is 0 Å². The molecular formula is C9H7BF3O2. The second kappa shape index (κ2) is 7.79. The molecule has 0 fully saturated rings. The van der Waals surface area contributed by atoms with Crippen molar-refractivity contribution in [3.8, 4) is 0 Å². The van der Waals surface area contributed by atoms with Gasteiger partial charge in [0.15, 0.2) is 5.78 Å². The van der Waals surface area contributed by atoms with Gasteiger partial charge in [-0.05, 0) is 24.3 Å². The van der Waals surface area contributed by atoms with Crippen LogP contribution in [0.5, 0.6) is 0 Å². The van der Waals surface area contributed by atoms with Crippen molar-refractivity contribution in [3.63, 3.8) is 0 Å². The molecule has 2 nitrogen and oxygen atoms in total. The second-order valence-corrected chi connectivity index (χ2v) is 2.38. The van der Waals surface area contributed by atoms with Gasteiger partial charge in [0.05, 0.1) is 6.42 Å². The number of hydrogen-bond acceptors (Lipinski definition) is 2. The van der Waals surface area contributed by atoms with Crippen molar-refractivity contribution in [2.24, 2.45) is 0 Å². The number of hydrogen-bond donors (Lipinski definition) is 0. The summed E-state index contributed by atoms with van der Waals surface area (Å²) in [6, 6.07) is 5.11. The van der Waals surface area contributed by atoms with Gasteiger partial charge in [-0.1, -0.05) is 0 Å². The standard InChI is InChI=1S/C9H7FO2.BF2/c10-8-3-1-7(2-4-8)9(12)5-6-11;2-1-3/h1-4,6H,5H2;. The van der Waals surface area contributed by atoms with E-state index in [4.69, 9.17) is 0 Å². The third-order valence-electron chi connectivity index (χ3n) is 1.43. The van der Waals surface area contributed by atoms with Crippen molar-refractivity contribution in [1.29, 1.82) is 0 Å². The summed E-state index contributed by atoms with van der Waals surface area (Å²) in [5.41, 5.74) is 0.364. The SMILES string of the molecule is F[B]F.O=CCC(=O)c1ccc(F)cc1. The van der Waals surface area contributed by atoms with E-state index in [2.05, 4.69) is 0 Å². The minimum atomic E-state index is -1.00. The van der Waals surface area contributed by atoms with Crippen molar-refractivity contribution >= 4 is 19.9 Å². The number of benzene rings is 1. The first-order valence-electron chi connectivity index (χ1n) is 3.90. The summed E-state index contributed by atoms with van der Waals surface area (Å²) in [5.74, 6) is -0.678. The normalized spacial score (nSPS) is 8.47. The molecule has 1 aromatic rings. The van der Waals surface area contributed by atoms with Crippen molar-refractivity contribution < 1.29 is 22.6 Å². The summed E-state index contributed by atoms with van der Waals surface area (Å²) in [4.78, 5) is 21.0. The largest absolute Gasteiger partial charge is 0.577 e. The molecule has 1 aromatic carbocycles. The van der Waals surface area contributed by atoms with E-state index in [0.717, 1.165) is 0 Å². The molecule has 0 amide bonds. The molecule has 0 aliphatic rings. The van der Waals surface area contributed by atoms with Crippen LogP contribution in [0.25, 0.3) is 0 Å². The van der Waals surface area contributed by atoms with Crippen LogP contribution in [0, 0.1) is 5.82 Å². The monoisotopic (exact) mass is 215 g/mol. The van der Waals surface area contributed by atoms with Gasteiger partial charge in [-0.15, -0.1) is 0 Å². The lowest BCUT2D eigenvalue weighted by Gasteiger charge is -1.94. The van der Waals surface area contributed by atoms with E-state index in [1.54, 1.807) is 0 Å². The maximum Gasteiger partial charge on any atom is 0.577 e. The predicted octanol–water partition coefficient (Wildman–Crippen LogP) is 2.06. The number of aldehydes is 1. The zero-order valence-electron chi connectivity index (χ0n) is 7.62. The molecule has 0 atom stereocenters. The Morgan fingerprint density at radius 3 is 2.13 bits per heavy atom. The van der Waals surface area contributed by atoms with Gasteiger partial charge in [-0.25, -0.2) is 4.39 Å². The Morgan fingerprint density at radius 1 is 1.27 bits per heavy atom. The van der Waals surface area contributed by atoms with Crippen LogP contribution >= 0.6 is 0 Å². The van der Waals surface area contributed by atoms with Crippen molar-refractivity contribution in [2.45, 2.75) is 6.42 Å². The Kier molecular flexibility index (Phi) is 6.96. The topological polar surface area (TPSA) is 34.1 Å². The smallest absolute Gasteiger partial charge is 0.303 e. The molecule has 0 unspecified atom stereocenters. The van der Waals surface area contributed by atoms with Crippen LogP contribution in [0.1, 0.15) is 16.8 Å². The van der Waals surface area contributed by atoms with Gasteiger partial charge in [0.25, 0.3) is 0 Å². The molecule has 6 heteroatoms. The lowest BCUT2D eigenvalue weighted by atomic mass is 10.1. The molecule has 1 radical (unpaired) electrons. The third kappa shape index (κ3) is 5.67. The van der Waals surface area contributed by atoms with Gasteiger partial charge in [0.2, 0.25) is 0 Å². The molecule has 0 N–H and O–H groups in total. The maximum atomic E-state index is 12.4. The molecule has 15 heavy (non-hydrogen) atoms. The first-order chi connectivity index (χ1) is 7.15. The van der Waals surface area contributed by atoms with E-state index < -0.39 is 13.7 Å². The molecule has 1 rings (SSSR count). The van der Waals surface area contributed by atoms with E-state index >= 15 is 0 Å². The summed E-state index contributed by atoms with van der Waals surface area (Å²) in [6.45, 7) is 0. The Balaban J connectivity index is 0.000000583. The highest BCUT2D eigenvalue weighted by Gasteiger charge is 2.03. The lowest BCUT2D eigenvalue weighted by molar-refractivity contribution is -0.107. The number of ketones is 1. The number of rotatable bonds is 3. The summed E-state index contributed by atoms with van der Waals surface area (Å²) in [5, 5.41) is 0. The third-order valence-corrected chi connectivity index (χ3v) is 1.43. The molecule has 0 saturated heterocycles. The van der Waals surface area contributed by atoms with Gasteiger partial charge in [0, 0.05) is 5.56 Å². The van der Waals surface area contributed by atoms with Crippen molar-refractivity contribution in [1.82, 2.24) is 0 Å². The number of carbonyl (C=O) groups is 2. The molecule has 79 valence electrons. The highest BCUT2D eigenvalue weighted by Crippen LogP contribution is 2.04. The summed E-state index contributed by atoms with van der Waals surface area (Å²) >= 11 is 0. The summed E-state index contributed by atoms with van der Waals surface area (Å²) in [7, 11) is -1.00. The quantitative estimate of drug-likeness (QED) is 0.334. The van der Waals surface area contributed by atoms with Gasteiger partial charge in [0.1, 0.15) is 12.1 Å². The van der Waals surface area contributed by atoms with Gasteiger partial charge < -0.3 is 4.79 Å². The van der Waals surface area contributed by atoms with Crippen LogP contribution in [0.15, 0.2) is 24.3 Å². The van der Waals surface area contributed by atoms with Crippen LogP contribution in [0.4, 0.5) is 13.0 Å². The molecule has 0 saturated carbocycles. The molecule has 0 heterocycles. The van der Waals surface area contributed by atoms with Crippen LogP contribution in [-0.2, 0) is 4.79 Å². The lowest BCUT2D eigenvalue weighted by Crippen LogP contribution is -1.98. The van der Waals surface area contributed by atoms with Crippen LogP contribution < -0.4 is 0 Å². The molecule has 0 aliphatic carbocycles. The first-order valence-corrected chi connectivity index (χ1v) is 3.90. The van der Waals surface area contributed by atoms with Crippen LogP contribution in [-0.4, -0.2) is 19.9 Å². The zero-order chi connectivity index (χ0) is 11.7. The number of carbonyl (C=O) groups excluding carboxylic acids is 2. The predicted molar refractivity (Wildman–Crippen MR) is 49.4 cm³/mol. The van der Waals surface area contributed by atoms with E-state index in [9.17, 15) is 22.6 Å². The minimum absolute atomic E-state index is 0.147. The Bertz CT molecular complexity index is 314. The van der Waals surface area contributed by atoms with Crippen LogP contribution in [0.3, 0.4) is 0 Å². The fraction of sp³-hybridized carbons (Fsp3) is 0.111. The Morgan fingerprint density at radius 2 is 1.73 bits per heavy atom. The minimum Gasteiger partial charge on any atom is -0.303 e. The molecule has 0 aliphatic heterocycles.